The van der Waals surface area contributed by atoms with Crippen LogP contribution in [0.3, 0.4) is 0 Å². The lowest BCUT2D eigenvalue weighted by Crippen LogP contribution is -2.36. The molecule has 5 nitrogen and oxygen atoms in total. The molecule has 0 radical (unpaired) electrons. The first-order valence-corrected chi connectivity index (χ1v) is 9.78. The summed E-state index contributed by atoms with van der Waals surface area (Å²) in [7, 11) is 0. The summed E-state index contributed by atoms with van der Waals surface area (Å²) in [5.41, 5.74) is 3.51. The van der Waals surface area contributed by atoms with E-state index >= 15 is 0 Å². The van der Waals surface area contributed by atoms with Crippen LogP contribution in [0.15, 0.2) is 54.6 Å². The Balaban J connectivity index is 1.29. The van der Waals surface area contributed by atoms with E-state index in [-0.39, 0.29) is 5.91 Å². The summed E-state index contributed by atoms with van der Waals surface area (Å²) in [6.45, 7) is 5.92. The van der Waals surface area contributed by atoms with E-state index in [1.165, 1.54) is 11.3 Å². The van der Waals surface area contributed by atoms with Gasteiger partial charge in [-0.05, 0) is 48.7 Å². The average Bonchev–Trinajstić information content (AvgIpc) is 3.18. The Morgan fingerprint density at radius 2 is 1.74 bits per heavy atom. The summed E-state index contributed by atoms with van der Waals surface area (Å²) in [6, 6.07) is 18.6. The van der Waals surface area contributed by atoms with Crippen LogP contribution in [0.25, 0.3) is 0 Å². The Bertz CT molecular complexity index is 742. The molecule has 2 fully saturated rings. The van der Waals surface area contributed by atoms with Crippen LogP contribution >= 0.6 is 0 Å². The number of anilines is 2. The lowest BCUT2D eigenvalue weighted by Gasteiger charge is -2.29. The van der Waals surface area contributed by atoms with Crippen LogP contribution in [0.1, 0.15) is 17.9 Å². The Kier molecular flexibility index (Phi) is 5.70. The number of carbonyl (C=O) groups is 1. The van der Waals surface area contributed by atoms with E-state index in [4.69, 9.17) is 4.74 Å². The molecule has 2 saturated heterocycles. The quantitative estimate of drug-likeness (QED) is 0.885. The van der Waals surface area contributed by atoms with E-state index < -0.39 is 0 Å². The van der Waals surface area contributed by atoms with Crippen molar-refractivity contribution in [3.63, 3.8) is 0 Å². The molecular weight excluding hydrogens is 338 g/mol. The molecule has 2 heterocycles. The lowest BCUT2D eigenvalue weighted by atomic mass is 9.98. The number of ether oxygens (including phenoxy) is 1. The number of likely N-dealkylation sites (tertiary alicyclic amines) is 1. The summed E-state index contributed by atoms with van der Waals surface area (Å²) < 4.78 is 5.43. The van der Waals surface area contributed by atoms with Crippen LogP contribution in [0.2, 0.25) is 0 Å². The summed E-state index contributed by atoms with van der Waals surface area (Å²) in [5, 5.41) is 2.97. The third-order valence-corrected chi connectivity index (χ3v) is 5.44. The number of rotatable bonds is 5. The molecule has 1 N–H and O–H groups in total. The van der Waals surface area contributed by atoms with Crippen molar-refractivity contribution in [3.8, 4) is 0 Å². The Hall–Kier alpha value is -2.37. The molecule has 0 aromatic heterocycles. The highest BCUT2D eigenvalue weighted by Gasteiger charge is 2.25. The fraction of sp³-hybridized carbons (Fsp3) is 0.409. The van der Waals surface area contributed by atoms with Gasteiger partial charge in [-0.2, -0.15) is 0 Å². The standard InChI is InChI=1S/C22H27N3O2/c26-22(23-20-4-2-1-3-5-20)17-24-11-10-19(16-24)18-6-8-21(9-7-18)25-12-14-27-15-13-25/h1-9,19H,10-17H2,(H,23,26). The number of nitrogens with one attached hydrogen (secondary N) is 1. The van der Waals surface area contributed by atoms with Gasteiger partial charge in [0.05, 0.1) is 19.8 Å². The van der Waals surface area contributed by atoms with Crippen LogP contribution in [0, 0.1) is 0 Å². The van der Waals surface area contributed by atoms with Gasteiger partial charge in [0.15, 0.2) is 0 Å². The SMILES string of the molecule is O=C(CN1CCC(c2ccc(N3CCOCC3)cc2)C1)Nc1ccccc1. The highest BCUT2D eigenvalue weighted by Crippen LogP contribution is 2.28. The number of nitrogens with zero attached hydrogens (tertiary/aromatic N) is 2. The molecule has 0 spiro atoms. The van der Waals surface area contributed by atoms with Gasteiger partial charge >= 0.3 is 0 Å². The molecule has 0 bridgehead atoms. The maximum absolute atomic E-state index is 12.3. The second-order valence-electron chi connectivity index (χ2n) is 7.33. The monoisotopic (exact) mass is 365 g/mol. The van der Waals surface area contributed by atoms with Gasteiger partial charge in [0, 0.05) is 31.0 Å². The van der Waals surface area contributed by atoms with Crippen LogP contribution in [0.5, 0.6) is 0 Å². The third-order valence-electron chi connectivity index (χ3n) is 5.44. The molecule has 4 rings (SSSR count). The van der Waals surface area contributed by atoms with Crippen molar-refractivity contribution in [2.24, 2.45) is 0 Å². The van der Waals surface area contributed by atoms with Crippen molar-refractivity contribution in [3.05, 3.63) is 60.2 Å². The van der Waals surface area contributed by atoms with Crippen LogP contribution in [0.4, 0.5) is 11.4 Å². The molecule has 0 saturated carbocycles. The molecule has 1 amide bonds. The minimum Gasteiger partial charge on any atom is -0.378 e. The number of hydrogen-bond donors (Lipinski definition) is 1. The fourth-order valence-electron chi connectivity index (χ4n) is 3.95. The fourth-order valence-corrected chi connectivity index (χ4v) is 3.95. The number of morpholine rings is 1. The van der Waals surface area contributed by atoms with Crippen molar-refractivity contribution in [2.45, 2.75) is 12.3 Å². The van der Waals surface area contributed by atoms with E-state index in [0.717, 1.165) is 51.5 Å². The largest absolute Gasteiger partial charge is 0.378 e. The van der Waals surface area contributed by atoms with Crippen LogP contribution < -0.4 is 10.2 Å². The topological polar surface area (TPSA) is 44.8 Å². The summed E-state index contributed by atoms with van der Waals surface area (Å²) in [6.07, 6.45) is 1.11. The zero-order chi connectivity index (χ0) is 18.5. The van der Waals surface area contributed by atoms with Gasteiger partial charge < -0.3 is 15.0 Å². The van der Waals surface area contributed by atoms with Crippen molar-refractivity contribution < 1.29 is 9.53 Å². The number of hydrogen-bond acceptors (Lipinski definition) is 4. The molecule has 27 heavy (non-hydrogen) atoms. The second kappa shape index (κ2) is 8.55. The number of amides is 1. The number of carbonyl (C=O) groups excluding carboxylic acids is 1. The van der Waals surface area contributed by atoms with Crippen molar-refractivity contribution >= 4 is 17.3 Å². The number of para-hydroxylation sites is 1. The van der Waals surface area contributed by atoms with E-state index in [1.54, 1.807) is 0 Å². The predicted octanol–water partition coefficient (Wildman–Crippen LogP) is 2.95. The first-order valence-electron chi connectivity index (χ1n) is 9.78. The minimum atomic E-state index is 0.0597. The minimum absolute atomic E-state index is 0.0597. The van der Waals surface area contributed by atoms with E-state index in [0.29, 0.717) is 12.5 Å². The normalized spacial score (nSPS) is 20.6. The molecule has 5 heteroatoms. The second-order valence-corrected chi connectivity index (χ2v) is 7.33. The third kappa shape index (κ3) is 4.67. The Morgan fingerprint density at radius 3 is 2.48 bits per heavy atom. The molecule has 2 aromatic carbocycles. The zero-order valence-electron chi connectivity index (χ0n) is 15.6. The van der Waals surface area contributed by atoms with Crippen molar-refractivity contribution in [1.82, 2.24) is 4.90 Å². The first-order chi connectivity index (χ1) is 13.3. The van der Waals surface area contributed by atoms with Gasteiger partial charge in [0.2, 0.25) is 5.91 Å². The molecule has 2 aliphatic heterocycles. The lowest BCUT2D eigenvalue weighted by molar-refractivity contribution is -0.117. The summed E-state index contributed by atoms with van der Waals surface area (Å²) in [5.74, 6) is 0.567. The van der Waals surface area contributed by atoms with Gasteiger partial charge in [-0.15, -0.1) is 0 Å². The Labute approximate surface area is 160 Å². The van der Waals surface area contributed by atoms with Gasteiger partial charge in [0.25, 0.3) is 0 Å². The maximum atomic E-state index is 12.3. The molecule has 1 atom stereocenters. The predicted molar refractivity (Wildman–Crippen MR) is 108 cm³/mol. The van der Waals surface area contributed by atoms with E-state index in [9.17, 15) is 4.79 Å². The molecule has 142 valence electrons. The molecule has 2 aromatic rings. The average molecular weight is 365 g/mol. The Morgan fingerprint density at radius 1 is 1.00 bits per heavy atom. The van der Waals surface area contributed by atoms with Gasteiger partial charge in [-0.1, -0.05) is 30.3 Å². The number of benzene rings is 2. The van der Waals surface area contributed by atoms with E-state index in [1.807, 2.05) is 30.3 Å². The van der Waals surface area contributed by atoms with E-state index in [2.05, 4.69) is 39.4 Å². The van der Waals surface area contributed by atoms with Gasteiger partial charge in [0.1, 0.15) is 0 Å². The molecule has 2 aliphatic rings. The first kappa shape index (κ1) is 18.0. The highest BCUT2D eigenvalue weighted by atomic mass is 16.5. The summed E-state index contributed by atoms with van der Waals surface area (Å²) >= 11 is 0. The highest BCUT2D eigenvalue weighted by molar-refractivity contribution is 5.92. The smallest absolute Gasteiger partial charge is 0.238 e. The maximum Gasteiger partial charge on any atom is 0.238 e. The van der Waals surface area contributed by atoms with Crippen molar-refractivity contribution in [2.75, 3.05) is 56.2 Å². The zero-order valence-corrected chi connectivity index (χ0v) is 15.6. The molecular formula is C22H27N3O2. The van der Waals surface area contributed by atoms with Gasteiger partial charge in [-0.3, -0.25) is 9.69 Å². The summed E-state index contributed by atoms with van der Waals surface area (Å²) in [4.78, 5) is 16.9. The molecule has 1 unspecified atom stereocenters. The molecule has 0 aliphatic carbocycles. The van der Waals surface area contributed by atoms with Crippen molar-refractivity contribution in [1.29, 1.82) is 0 Å². The van der Waals surface area contributed by atoms with Crippen LogP contribution in [-0.4, -0.2) is 56.7 Å². The van der Waals surface area contributed by atoms with Crippen LogP contribution in [-0.2, 0) is 9.53 Å². The van der Waals surface area contributed by atoms with Gasteiger partial charge in [-0.25, -0.2) is 0 Å².